The number of hydrogen-bond donors (Lipinski definition) is 2. The van der Waals surface area contributed by atoms with Crippen molar-refractivity contribution in [2.75, 3.05) is 13.1 Å². The first-order valence-electron chi connectivity index (χ1n) is 6.84. The summed E-state index contributed by atoms with van der Waals surface area (Å²) in [5.74, 6) is 0.763. The third kappa shape index (κ3) is 2.73. The number of likely N-dealkylation sites (tertiary alicyclic amines) is 1. The molecule has 1 fully saturated rings. The highest BCUT2D eigenvalue weighted by molar-refractivity contribution is 5.96. The molecule has 0 saturated carbocycles. The Morgan fingerprint density at radius 2 is 2.26 bits per heavy atom. The van der Waals surface area contributed by atoms with E-state index < -0.39 is 0 Å². The zero-order valence-electron chi connectivity index (χ0n) is 11.6. The van der Waals surface area contributed by atoms with Gasteiger partial charge < -0.3 is 15.7 Å². The molecule has 1 saturated heterocycles. The van der Waals surface area contributed by atoms with E-state index in [-0.39, 0.29) is 17.7 Å². The number of phenolic OH excluding ortho intramolecular Hbond substituents is 1. The summed E-state index contributed by atoms with van der Waals surface area (Å²) < 4.78 is 0. The van der Waals surface area contributed by atoms with Crippen molar-refractivity contribution in [3.63, 3.8) is 0 Å². The third-order valence-corrected chi connectivity index (χ3v) is 4.05. The van der Waals surface area contributed by atoms with Crippen LogP contribution in [0.4, 0.5) is 0 Å². The highest BCUT2D eigenvalue weighted by Gasteiger charge is 2.30. The highest BCUT2D eigenvalue weighted by atomic mass is 16.3. The molecule has 19 heavy (non-hydrogen) atoms. The molecule has 4 nitrogen and oxygen atoms in total. The van der Waals surface area contributed by atoms with Gasteiger partial charge in [0.1, 0.15) is 5.75 Å². The summed E-state index contributed by atoms with van der Waals surface area (Å²) in [6, 6.07) is 5.19. The van der Waals surface area contributed by atoms with Gasteiger partial charge >= 0.3 is 0 Å². The lowest BCUT2D eigenvalue weighted by atomic mass is 9.91. The van der Waals surface area contributed by atoms with Crippen molar-refractivity contribution < 1.29 is 9.90 Å². The van der Waals surface area contributed by atoms with E-state index in [2.05, 4.69) is 6.92 Å². The molecule has 4 heteroatoms. The summed E-state index contributed by atoms with van der Waals surface area (Å²) in [5.41, 5.74) is 7.01. The van der Waals surface area contributed by atoms with Crippen LogP contribution in [0.5, 0.6) is 5.75 Å². The normalized spacial score (nSPS) is 23.4. The van der Waals surface area contributed by atoms with Gasteiger partial charge in [-0.05, 0) is 37.8 Å². The van der Waals surface area contributed by atoms with Gasteiger partial charge in [0.2, 0.25) is 0 Å². The number of amides is 1. The highest BCUT2D eigenvalue weighted by Crippen LogP contribution is 2.26. The summed E-state index contributed by atoms with van der Waals surface area (Å²) >= 11 is 0. The Kier molecular flexibility index (Phi) is 4.10. The van der Waals surface area contributed by atoms with Gasteiger partial charge in [-0.15, -0.1) is 0 Å². The number of carbonyl (C=O) groups is 1. The molecule has 0 spiro atoms. The molecule has 0 aliphatic carbocycles. The van der Waals surface area contributed by atoms with Crippen molar-refractivity contribution in [2.24, 2.45) is 11.7 Å². The molecule has 1 aromatic carbocycles. The minimum absolute atomic E-state index is 0.0178. The average molecular weight is 262 g/mol. The van der Waals surface area contributed by atoms with E-state index in [0.29, 0.717) is 23.6 Å². The first-order valence-corrected chi connectivity index (χ1v) is 6.84. The molecule has 1 aliphatic heterocycles. The van der Waals surface area contributed by atoms with Crippen LogP contribution in [0, 0.1) is 12.8 Å². The third-order valence-electron chi connectivity index (χ3n) is 4.05. The maximum absolute atomic E-state index is 12.6. The van der Waals surface area contributed by atoms with E-state index in [1.165, 1.54) is 0 Å². The molecule has 1 heterocycles. The van der Waals surface area contributed by atoms with E-state index in [1.807, 2.05) is 4.90 Å². The van der Waals surface area contributed by atoms with Gasteiger partial charge in [-0.3, -0.25) is 4.79 Å². The number of aromatic hydroxyl groups is 1. The molecule has 0 bridgehead atoms. The molecule has 1 aliphatic rings. The second kappa shape index (κ2) is 5.61. The van der Waals surface area contributed by atoms with Crippen LogP contribution >= 0.6 is 0 Å². The van der Waals surface area contributed by atoms with E-state index in [9.17, 15) is 9.90 Å². The second-order valence-electron chi connectivity index (χ2n) is 5.47. The van der Waals surface area contributed by atoms with Crippen molar-refractivity contribution in [3.05, 3.63) is 29.3 Å². The van der Waals surface area contributed by atoms with Gasteiger partial charge in [0, 0.05) is 30.3 Å². The van der Waals surface area contributed by atoms with Crippen molar-refractivity contribution in [3.8, 4) is 5.75 Å². The molecule has 3 N–H and O–H groups in total. The van der Waals surface area contributed by atoms with Crippen LogP contribution in [0.1, 0.15) is 35.7 Å². The predicted octanol–water partition coefficient (Wildman–Crippen LogP) is 1.90. The van der Waals surface area contributed by atoms with Crippen molar-refractivity contribution in [2.45, 2.75) is 32.7 Å². The number of piperidine rings is 1. The Balaban J connectivity index is 2.25. The van der Waals surface area contributed by atoms with Gasteiger partial charge in [-0.2, -0.15) is 0 Å². The zero-order valence-corrected chi connectivity index (χ0v) is 11.6. The van der Waals surface area contributed by atoms with Gasteiger partial charge in [0.15, 0.2) is 0 Å². The first kappa shape index (κ1) is 13.9. The molecule has 0 aromatic heterocycles. The first-order chi connectivity index (χ1) is 9.04. The summed E-state index contributed by atoms with van der Waals surface area (Å²) in [6.45, 7) is 5.21. The van der Waals surface area contributed by atoms with Gasteiger partial charge in [-0.25, -0.2) is 0 Å². The molecule has 1 aromatic rings. The van der Waals surface area contributed by atoms with Crippen LogP contribution in [0.3, 0.4) is 0 Å². The van der Waals surface area contributed by atoms with E-state index >= 15 is 0 Å². The molecule has 2 atom stereocenters. The quantitative estimate of drug-likeness (QED) is 0.855. The number of nitrogens with zero attached hydrogens (tertiary/aromatic N) is 1. The van der Waals surface area contributed by atoms with Crippen LogP contribution in [-0.4, -0.2) is 35.0 Å². The minimum atomic E-state index is -0.0178. The van der Waals surface area contributed by atoms with Crippen LogP contribution in [0.15, 0.2) is 18.2 Å². The lowest BCUT2D eigenvalue weighted by molar-refractivity contribution is 0.0572. The topological polar surface area (TPSA) is 66.6 Å². The fourth-order valence-corrected chi connectivity index (χ4v) is 2.75. The fraction of sp³-hybridized carbons (Fsp3) is 0.533. The number of hydrogen-bond acceptors (Lipinski definition) is 3. The average Bonchev–Trinajstić information content (AvgIpc) is 2.41. The van der Waals surface area contributed by atoms with E-state index in [0.717, 1.165) is 19.4 Å². The summed E-state index contributed by atoms with van der Waals surface area (Å²) in [5, 5.41) is 9.72. The number of carbonyl (C=O) groups excluding carboxylic acids is 1. The zero-order chi connectivity index (χ0) is 14.0. The Labute approximate surface area is 114 Å². The van der Waals surface area contributed by atoms with Gasteiger partial charge in [-0.1, -0.05) is 13.0 Å². The standard InChI is InChI=1S/C15H22N2O2/c1-10-6-7-17(12(8-10)9-16)15(19)13-4-3-5-14(18)11(13)2/h3-5,10,12,18H,6-9,16H2,1-2H3. The van der Waals surface area contributed by atoms with Crippen LogP contribution in [0.2, 0.25) is 0 Å². The van der Waals surface area contributed by atoms with Crippen LogP contribution in [0.25, 0.3) is 0 Å². The smallest absolute Gasteiger partial charge is 0.254 e. The molecule has 2 unspecified atom stereocenters. The maximum Gasteiger partial charge on any atom is 0.254 e. The molecule has 1 amide bonds. The fourth-order valence-electron chi connectivity index (χ4n) is 2.75. The second-order valence-corrected chi connectivity index (χ2v) is 5.47. The largest absolute Gasteiger partial charge is 0.508 e. The molecular formula is C15H22N2O2. The minimum Gasteiger partial charge on any atom is -0.508 e. The lowest BCUT2D eigenvalue weighted by Gasteiger charge is -2.38. The predicted molar refractivity (Wildman–Crippen MR) is 75.1 cm³/mol. The van der Waals surface area contributed by atoms with Crippen LogP contribution in [-0.2, 0) is 0 Å². The lowest BCUT2D eigenvalue weighted by Crippen LogP contribution is -2.49. The monoisotopic (exact) mass is 262 g/mol. The van der Waals surface area contributed by atoms with E-state index in [4.69, 9.17) is 5.73 Å². The molecule has 0 radical (unpaired) electrons. The van der Waals surface area contributed by atoms with Gasteiger partial charge in [0.25, 0.3) is 5.91 Å². The number of rotatable bonds is 2. The number of benzene rings is 1. The Morgan fingerprint density at radius 1 is 1.53 bits per heavy atom. The number of phenols is 1. The van der Waals surface area contributed by atoms with E-state index in [1.54, 1.807) is 25.1 Å². The molecular weight excluding hydrogens is 240 g/mol. The summed E-state index contributed by atoms with van der Waals surface area (Å²) in [4.78, 5) is 14.5. The SMILES string of the molecule is Cc1c(O)cccc1C(=O)N1CCC(C)CC1CN. The molecule has 104 valence electrons. The van der Waals surface area contributed by atoms with Crippen molar-refractivity contribution >= 4 is 5.91 Å². The maximum atomic E-state index is 12.6. The summed E-state index contributed by atoms with van der Waals surface area (Å²) in [6.07, 6.45) is 1.97. The van der Waals surface area contributed by atoms with Gasteiger partial charge in [0.05, 0.1) is 0 Å². The molecule has 2 rings (SSSR count). The Hall–Kier alpha value is -1.55. The van der Waals surface area contributed by atoms with Crippen molar-refractivity contribution in [1.29, 1.82) is 0 Å². The van der Waals surface area contributed by atoms with Crippen molar-refractivity contribution in [1.82, 2.24) is 4.90 Å². The summed E-state index contributed by atoms with van der Waals surface area (Å²) in [7, 11) is 0. The Morgan fingerprint density at radius 3 is 2.95 bits per heavy atom. The number of nitrogens with two attached hydrogens (primary N) is 1. The van der Waals surface area contributed by atoms with Crippen LogP contribution < -0.4 is 5.73 Å². The Bertz CT molecular complexity index is 473.